The third kappa shape index (κ3) is 4.13. The van der Waals surface area contributed by atoms with Crippen molar-refractivity contribution < 1.29 is 22.8 Å². The van der Waals surface area contributed by atoms with Crippen LogP contribution in [0.15, 0.2) is 23.1 Å². The number of morpholine rings is 1. The van der Waals surface area contributed by atoms with E-state index in [1.54, 1.807) is 0 Å². The number of nitrogens with one attached hydrogen (secondary N) is 1. The molecule has 0 saturated carbocycles. The second-order valence-electron chi connectivity index (χ2n) is 4.67. The van der Waals surface area contributed by atoms with Crippen molar-refractivity contribution in [1.29, 1.82) is 0 Å². The number of hydrogen-bond acceptors (Lipinski definition) is 7. The maximum atomic E-state index is 11.4. The first kappa shape index (κ1) is 15.7. The van der Waals surface area contributed by atoms with E-state index in [1.165, 1.54) is 12.1 Å². The van der Waals surface area contributed by atoms with Gasteiger partial charge in [-0.2, -0.15) is 0 Å². The number of sulfone groups is 1. The predicted molar refractivity (Wildman–Crippen MR) is 74.3 cm³/mol. The van der Waals surface area contributed by atoms with Crippen LogP contribution in [0.3, 0.4) is 0 Å². The van der Waals surface area contributed by atoms with Crippen LogP contribution in [0.1, 0.15) is 0 Å². The van der Waals surface area contributed by atoms with E-state index in [1.807, 2.05) is 0 Å². The van der Waals surface area contributed by atoms with Gasteiger partial charge in [-0.3, -0.25) is 10.1 Å². The lowest BCUT2D eigenvalue weighted by molar-refractivity contribution is -0.386. The van der Waals surface area contributed by atoms with E-state index in [2.05, 4.69) is 5.32 Å². The monoisotopic (exact) mass is 316 g/mol. The summed E-state index contributed by atoms with van der Waals surface area (Å²) in [5, 5.41) is 14.2. The summed E-state index contributed by atoms with van der Waals surface area (Å²) in [6, 6.07) is 3.59. The van der Waals surface area contributed by atoms with E-state index < -0.39 is 14.8 Å². The van der Waals surface area contributed by atoms with E-state index in [9.17, 15) is 18.5 Å². The van der Waals surface area contributed by atoms with Crippen molar-refractivity contribution in [2.45, 2.75) is 11.0 Å². The third-order valence-electron chi connectivity index (χ3n) is 2.98. The quantitative estimate of drug-likeness (QED) is 0.617. The molecule has 1 aliphatic heterocycles. The fraction of sp³-hybridized carbons (Fsp3) is 0.500. The molecule has 0 bridgehead atoms. The number of nitro benzene ring substituents is 1. The minimum atomic E-state index is -3.51. The Hall–Kier alpha value is -1.71. The van der Waals surface area contributed by atoms with Crippen molar-refractivity contribution in [3.63, 3.8) is 0 Å². The van der Waals surface area contributed by atoms with Gasteiger partial charge in [0, 0.05) is 25.4 Å². The molecule has 8 nitrogen and oxygen atoms in total. The van der Waals surface area contributed by atoms with E-state index in [0.717, 1.165) is 18.9 Å². The fourth-order valence-corrected chi connectivity index (χ4v) is 2.54. The average Bonchev–Trinajstić information content (AvgIpc) is 2.45. The van der Waals surface area contributed by atoms with Crippen LogP contribution in [0.25, 0.3) is 0 Å². The van der Waals surface area contributed by atoms with Gasteiger partial charge in [0.25, 0.3) is 0 Å². The van der Waals surface area contributed by atoms with Crippen molar-refractivity contribution in [2.75, 3.05) is 32.6 Å². The first-order valence-electron chi connectivity index (χ1n) is 6.31. The Bertz CT molecular complexity index is 625. The highest BCUT2D eigenvalue weighted by Gasteiger charge is 2.21. The molecule has 1 aliphatic rings. The molecule has 1 aromatic carbocycles. The SMILES string of the molecule is CS(=O)(=O)c1ccc(OCC2CNCCO2)c([N+](=O)[O-])c1. The fourth-order valence-electron chi connectivity index (χ4n) is 1.90. The molecule has 0 amide bonds. The Morgan fingerprint density at radius 2 is 2.29 bits per heavy atom. The number of nitrogens with zero attached hydrogens (tertiary/aromatic N) is 1. The van der Waals surface area contributed by atoms with Crippen LogP contribution in [0.5, 0.6) is 5.75 Å². The van der Waals surface area contributed by atoms with Crippen LogP contribution < -0.4 is 10.1 Å². The van der Waals surface area contributed by atoms with Crippen molar-refractivity contribution >= 4 is 15.5 Å². The Morgan fingerprint density at radius 3 is 2.86 bits per heavy atom. The van der Waals surface area contributed by atoms with Crippen LogP contribution >= 0.6 is 0 Å². The minimum Gasteiger partial charge on any atom is -0.484 e. The van der Waals surface area contributed by atoms with E-state index >= 15 is 0 Å². The molecule has 1 unspecified atom stereocenters. The molecule has 0 spiro atoms. The van der Waals surface area contributed by atoms with Crippen molar-refractivity contribution in [3.05, 3.63) is 28.3 Å². The lowest BCUT2D eigenvalue weighted by Gasteiger charge is -2.23. The van der Waals surface area contributed by atoms with E-state index in [-0.39, 0.29) is 29.0 Å². The topological polar surface area (TPSA) is 108 Å². The zero-order valence-corrected chi connectivity index (χ0v) is 12.3. The molecule has 21 heavy (non-hydrogen) atoms. The summed E-state index contributed by atoms with van der Waals surface area (Å²) in [5.74, 6) is 0.0292. The van der Waals surface area contributed by atoms with Crippen molar-refractivity contribution in [1.82, 2.24) is 5.32 Å². The zero-order valence-electron chi connectivity index (χ0n) is 11.4. The van der Waals surface area contributed by atoms with Gasteiger partial charge in [0.2, 0.25) is 0 Å². The Balaban J connectivity index is 2.16. The van der Waals surface area contributed by atoms with Gasteiger partial charge >= 0.3 is 5.69 Å². The molecule has 0 radical (unpaired) electrons. The highest BCUT2D eigenvalue weighted by Crippen LogP contribution is 2.29. The van der Waals surface area contributed by atoms with Gasteiger partial charge in [-0.25, -0.2) is 8.42 Å². The number of nitro groups is 1. The highest BCUT2D eigenvalue weighted by atomic mass is 32.2. The van der Waals surface area contributed by atoms with Crippen molar-refractivity contribution in [2.24, 2.45) is 0 Å². The Morgan fingerprint density at radius 1 is 1.52 bits per heavy atom. The molecule has 1 aromatic rings. The second-order valence-corrected chi connectivity index (χ2v) is 6.68. The molecule has 1 N–H and O–H groups in total. The number of benzene rings is 1. The van der Waals surface area contributed by atoms with Crippen molar-refractivity contribution in [3.8, 4) is 5.75 Å². The standard InChI is InChI=1S/C12H16N2O6S/c1-21(17,18)10-2-3-12(11(6-10)14(15)16)20-8-9-7-13-4-5-19-9/h2-3,6,9,13H,4-5,7-8H2,1H3. The molecule has 1 atom stereocenters. The maximum absolute atomic E-state index is 11.4. The lowest BCUT2D eigenvalue weighted by Crippen LogP contribution is -2.41. The van der Waals surface area contributed by atoms with Gasteiger partial charge in [0.1, 0.15) is 12.7 Å². The van der Waals surface area contributed by atoms with Crippen LogP contribution in [0.2, 0.25) is 0 Å². The smallest absolute Gasteiger partial charge is 0.312 e. The summed E-state index contributed by atoms with van der Waals surface area (Å²) in [6.45, 7) is 2.09. The molecule has 116 valence electrons. The summed E-state index contributed by atoms with van der Waals surface area (Å²) >= 11 is 0. The molecule has 0 aromatic heterocycles. The molecule has 1 fully saturated rings. The molecule has 9 heteroatoms. The van der Waals surface area contributed by atoms with E-state index in [0.29, 0.717) is 13.2 Å². The predicted octanol–water partition coefficient (Wildman–Crippen LogP) is 0.366. The van der Waals surface area contributed by atoms with Gasteiger partial charge in [-0.05, 0) is 12.1 Å². The highest BCUT2D eigenvalue weighted by molar-refractivity contribution is 7.90. The Kier molecular flexibility index (Phi) is 4.76. The van der Waals surface area contributed by atoms with Gasteiger partial charge < -0.3 is 14.8 Å². The number of hydrogen-bond donors (Lipinski definition) is 1. The normalized spacial score (nSPS) is 19.2. The number of ether oxygens (including phenoxy) is 2. The summed E-state index contributed by atoms with van der Waals surface area (Å²) in [7, 11) is -3.51. The summed E-state index contributed by atoms with van der Waals surface area (Å²) in [4.78, 5) is 10.3. The molecule has 1 saturated heterocycles. The van der Waals surface area contributed by atoms with Crippen LogP contribution in [0.4, 0.5) is 5.69 Å². The first-order valence-corrected chi connectivity index (χ1v) is 8.20. The second kappa shape index (κ2) is 6.37. The van der Waals surface area contributed by atoms with Crippen LogP contribution in [-0.4, -0.2) is 52.0 Å². The molecule has 0 aliphatic carbocycles. The summed E-state index contributed by atoms with van der Waals surface area (Å²) < 4.78 is 33.7. The van der Waals surface area contributed by atoms with Gasteiger partial charge in [-0.15, -0.1) is 0 Å². The number of rotatable bonds is 5. The zero-order chi connectivity index (χ0) is 15.5. The van der Waals surface area contributed by atoms with Gasteiger partial charge in [0.05, 0.1) is 16.4 Å². The first-order chi connectivity index (χ1) is 9.88. The van der Waals surface area contributed by atoms with Gasteiger partial charge in [0.15, 0.2) is 15.6 Å². The molecular weight excluding hydrogens is 300 g/mol. The summed E-state index contributed by atoms with van der Waals surface area (Å²) in [5.41, 5.74) is -0.373. The lowest BCUT2D eigenvalue weighted by atomic mass is 10.3. The molecule has 1 heterocycles. The van der Waals surface area contributed by atoms with Gasteiger partial charge in [-0.1, -0.05) is 0 Å². The van der Waals surface area contributed by atoms with Crippen LogP contribution in [0, 0.1) is 10.1 Å². The maximum Gasteiger partial charge on any atom is 0.312 e. The largest absolute Gasteiger partial charge is 0.484 e. The third-order valence-corrected chi connectivity index (χ3v) is 4.09. The minimum absolute atomic E-state index is 0.0292. The average molecular weight is 316 g/mol. The van der Waals surface area contributed by atoms with Crippen LogP contribution in [-0.2, 0) is 14.6 Å². The molecular formula is C12H16N2O6S. The summed E-state index contributed by atoms with van der Waals surface area (Å²) in [6.07, 6.45) is 0.807. The molecule has 2 rings (SSSR count). The Labute approximate surface area is 122 Å². The van der Waals surface area contributed by atoms with E-state index in [4.69, 9.17) is 9.47 Å².